The van der Waals surface area contributed by atoms with Crippen LogP contribution >= 0.6 is 23.1 Å². The highest BCUT2D eigenvalue weighted by Crippen LogP contribution is 2.35. The molecule has 0 bridgehead atoms. The van der Waals surface area contributed by atoms with Gasteiger partial charge in [-0.2, -0.15) is 0 Å². The van der Waals surface area contributed by atoms with Crippen LogP contribution in [0, 0.1) is 13.8 Å². The van der Waals surface area contributed by atoms with Crippen LogP contribution in [0.25, 0.3) is 10.9 Å². The van der Waals surface area contributed by atoms with Gasteiger partial charge in [0.25, 0.3) is 0 Å². The second-order valence-electron chi connectivity index (χ2n) is 7.14. The Balaban J connectivity index is 1.70. The van der Waals surface area contributed by atoms with Gasteiger partial charge in [0.1, 0.15) is 5.03 Å². The first-order valence-corrected chi connectivity index (χ1v) is 11.2. The van der Waals surface area contributed by atoms with Gasteiger partial charge in [0, 0.05) is 28.9 Å². The van der Waals surface area contributed by atoms with E-state index in [1.807, 2.05) is 11.3 Å². The van der Waals surface area contributed by atoms with Gasteiger partial charge in [-0.3, -0.25) is 4.99 Å². The summed E-state index contributed by atoms with van der Waals surface area (Å²) in [6.07, 6.45) is 2.30. The van der Waals surface area contributed by atoms with Crippen LogP contribution in [0.3, 0.4) is 0 Å². The predicted octanol–water partition coefficient (Wildman–Crippen LogP) is 6.18. The molecular weight excluding hydrogens is 370 g/mol. The molecule has 4 rings (SSSR count). The fourth-order valence-corrected chi connectivity index (χ4v) is 4.98. The zero-order valence-corrected chi connectivity index (χ0v) is 17.8. The van der Waals surface area contributed by atoms with Crippen molar-refractivity contribution in [2.45, 2.75) is 51.7 Å². The van der Waals surface area contributed by atoms with E-state index in [4.69, 9.17) is 9.98 Å². The first-order valence-electron chi connectivity index (χ1n) is 9.54. The number of aliphatic imine (C=N–C) groups is 1. The molecule has 27 heavy (non-hydrogen) atoms. The van der Waals surface area contributed by atoms with E-state index in [-0.39, 0.29) is 0 Å². The summed E-state index contributed by atoms with van der Waals surface area (Å²) < 4.78 is 0. The Bertz CT molecular complexity index is 977. The normalized spacial score (nSPS) is 15.5. The molecule has 0 fully saturated rings. The second-order valence-corrected chi connectivity index (χ2v) is 9.13. The van der Waals surface area contributed by atoms with Gasteiger partial charge >= 0.3 is 0 Å². The van der Waals surface area contributed by atoms with E-state index < -0.39 is 0 Å². The average molecular weight is 396 g/mol. The van der Waals surface area contributed by atoms with Gasteiger partial charge in [-0.1, -0.05) is 19.4 Å². The zero-order valence-electron chi connectivity index (χ0n) is 16.2. The molecule has 1 aliphatic rings. The number of nitrogens with zero attached hydrogens (tertiary/aromatic N) is 3. The summed E-state index contributed by atoms with van der Waals surface area (Å²) in [5, 5.41) is 5.61. The molecule has 3 nitrogen and oxygen atoms in total. The van der Waals surface area contributed by atoms with E-state index in [0.29, 0.717) is 0 Å². The third kappa shape index (κ3) is 4.04. The smallest absolute Gasteiger partial charge is 0.166 e. The largest absolute Gasteiger partial charge is 0.342 e. The third-order valence-corrected chi connectivity index (χ3v) is 6.95. The number of pyridine rings is 1. The molecule has 0 saturated heterocycles. The molecule has 1 aromatic carbocycles. The van der Waals surface area contributed by atoms with Crippen molar-refractivity contribution in [3.05, 3.63) is 57.3 Å². The van der Waals surface area contributed by atoms with Gasteiger partial charge in [-0.15, -0.1) is 11.3 Å². The number of rotatable bonds is 5. The van der Waals surface area contributed by atoms with Crippen LogP contribution in [-0.4, -0.2) is 21.6 Å². The molecule has 5 heteroatoms. The zero-order chi connectivity index (χ0) is 18.8. The Morgan fingerprint density at radius 1 is 1.19 bits per heavy atom. The molecule has 3 aromatic rings. The molecule has 0 saturated carbocycles. The van der Waals surface area contributed by atoms with Crippen molar-refractivity contribution in [1.82, 2.24) is 9.88 Å². The van der Waals surface area contributed by atoms with Crippen LogP contribution in [0.2, 0.25) is 0 Å². The maximum absolute atomic E-state index is 4.99. The minimum atomic E-state index is 0.876. The lowest BCUT2D eigenvalue weighted by molar-refractivity contribution is 0.408. The van der Waals surface area contributed by atoms with Crippen molar-refractivity contribution in [2.75, 3.05) is 6.54 Å². The van der Waals surface area contributed by atoms with Crippen molar-refractivity contribution in [1.29, 1.82) is 0 Å². The molecule has 140 valence electrons. The molecule has 0 spiro atoms. The lowest BCUT2D eigenvalue weighted by Crippen LogP contribution is -2.31. The first kappa shape index (κ1) is 18.5. The molecular formula is C22H25N3S2. The Labute approximate surface area is 169 Å². The van der Waals surface area contributed by atoms with E-state index in [1.165, 1.54) is 33.4 Å². The fraction of sp³-hybridized carbons (Fsp3) is 0.364. The number of benzene rings is 1. The van der Waals surface area contributed by atoms with Crippen molar-refractivity contribution in [3.8, 4) is 0 Å². The number of amidine groups is 1. The summed E-state index contributed by atoms with van der Waals surface area (Å²) in [6.45, 7) is 9.22. The number of unbranched alkanes of at least 4 members (excludes halogenated alkanes) is 1. The van der Waals surface area contributed by atoms with E-state index in [2.05, 4.69) is 61.4 Å². The van der Waals surface area contributed by atoms with Crippen molar-refractivity contribution in [3.63, 3.8) is 0 Å². The lowest BCUT2D eigenvalue weighted by atomic mass is 10.0. The van der Waals surface area contributed by atoms with Gasteiger partial charge < -0.3 is 4.90 Å². The Morgan fingerprint density at radius 3 is 2.81 bits per heavy atom. The molecule has 0 amide bonds. The summed E-state index contributed by atoms with van der Waals surface area (Å²) in [6, 6.07) is 11.1. The van der Waals surface area contributed by atoms with Gasteiger partial charge in [0.05, 0.1) is 12.1 Å². The first-order chi connectivity index (χ1) is 13.1. The summed E-state index contributed by atoms with van der Waals surface area (Å²) >= 11 is 3.54. The fourth-order valence-electron chi connectivity index (χ4n) is 3.27. The molecule has 0 unspecified atom stereocenters. The molecule has 0 N–H and O–H groups in total. The quantitative estimate of drug-likeness (QED) is 0.483. The Morgan fingerprint density at radius 2 is 2.04 bits per heavy atom. The van der Waals surface area contributed by atoms with Gasteiger partial charge in [0.2, 0.25) is 0 Å². The van der Waals surface area contributed by atoms with Gasteiger partial charge in [-0.05, 0) is 72.8 Å². The van der Waals surface area contributed by atoms with Crippen LogP contribution in [0.15, 0.2) is 45.7 Å². The average Bonchev–Trinajstić information content (AvgIpc) is 3.15. The number of aromatic nitrogens is 1. The molecule has 2 aromatic heterocycles. The van der Waals surface area contributed by atoms with E-state index in [9.17, 15) is 0 Å². The Hall–Kier alpha value is -1.85. The highest BCUT2D eigenvalue weighted by Gasteiger charge is 2.24. The Kier molecular flexibility index (Phi) is 5.50. The number of aryl methyl sites for hydroxylation is 2. The topological polar surface area (TPSA) is 28.5 Å². The number of thiophene rings is 1. The molecule has 0 atom stereocenters. The standard InChI is InChI=1S/C22H25N3S2/c1-4-5-8-23-22-25(14-19-7-6-9-26-19)13-18-12-17-10-15(2)16(3)11-20(17)24-21(18)27-22/h6-7,9-12H,4-5,8,13-14H2,1-3H3. The van der Waals surface area contributed by atoms with Crippen LogP contribution in [0.1, 0.15) is 41.3 Å². The molecule has 0 radical (unpaired) electrons. The van der Waals surface area contributed by atoms with Gasteiger partial charge in [-0.25, -0.2) is 4.98 Å². The third-order valence-electron chi connectivity index (χ3n) is 4.97. The van der Waals surface area contributed by atoms with Crippen molar-refractivity contribution < 1.29 is 0 Å². The number of thioether (sulfide) groups is 1. The number of hydrogen-bond donors (Lipinski definition) is 0. The van der Waals surface area contributed by atoms with E-state index in [1.54, 1.807) is 11.8 Å². The summed E-state index contributed by atoms with van der Waals surface area (Å²) in [4.78, 5) is 13.7. The van der Waals surface area contributed by atoms with Crippen LogP contribution in [0.5, 0.6) is 0 Å². The van der Waals surface area contributed by atoms with E-state index in [0.717, 1.165) is 41.8 Å². The highest BCUT2D eigenvalue weighted by molar-refractivity contribution is 8.13. The SMILES string of the molecule is CCCCN=C1Sc2nc3cc(C)c(C)cc3cc2CN1Cc1cccs1. The molecule has 1 aliphatic heterocycles. The van der Waals surface area contributed by atoms with Crippen LogP contribution in [-0.2, 0) is 13.1 Å². The molecule has 0 aliphatic carbocycles. The summed E-state index contributed by atoms with van der Waals surface area (Å²) in [5.41, 5.74) is 5.02. The molecule has 3 heterocycles. The maximum atomic E-state index is 4.99. The number of hydrogen-bond acceptors (Lipinski definition) is 4. The number of fused-ring (bicyclic) bond motifs is 2. The van der Waals surface area contributed by atoms with Crippen molar-refractivity contribution in [2.24, 2.45) is 4.99 Å². The lowest BCUT2D eigenvalue weighted by Gasteiger charge is -2.30. The maximum Gasteiger partial charge on any atom is 0.166 e. The summed E-state index contributed by atoms with van der Waals surface area (Å²) in [5.74, 6) is 0. The van der Waals surface area contributed by atoms with Crippen LogP contribution in [0.4, 0.5) is 0 Å². The summed E-state index contributed by atoms with van der Waals surface area (Å²) in [7, 11) is 0. The highest BCUT2D eigenvalue weighted by atomic mass is 32.2. The second kappa shape index (κ2) is 8.03. The van der Waals surface area contributed by atoms with Crippen molar-refractivity contribution >= 4 is 39.2 Å². The van der Waals surface area contributed by atoms with Gasteiger partial charge in [0.15, 0.2) is 5.17 Å². The van der Waals surface area contributed by atoms with Crippen LogP contribution < -0.4 is 0 Å². The van der Waals surface area contributed by atoms with E-state index >= 15 is 0 Å². The predicted molar refractivity (Wildman–Crippen MR) is 118 cm³/mol. The minimum Gasteiger partial charge on any atom is -0.342 e. The minimum absolute atomic E-state index is 0.876. The monoisotopic (exact) mass is 395 g/mol.